The summed E-state index contributed by atoms with van der Waals surface area (Å²) < 4.78 is 0. The number of benzene rings is 3. The molecule has 3 rings (SSSR count). The number of Topliss-reactive ketones (excluding diaryl/α,β-unsaturated/α-hetero) is 3. The third-order valence-electron chi connectivity index (χ3n) is 7.45. The number of rotatable bonds is 8. The highest BCUT2D eigenvalue weighted by Crippen LogP contribution is 2.38. The normalized spacial score (nSPS) is 12.8. The third-order valence-corrected chi connectivity index (χ3v) is 8.47. The molecule has 7 heteroatoms. The van der Waals surface area contributed by atoms with Crippen molar-refractivity contribution in [2.45, 2.75) is 80.7 Å². The van der Waals surface area contributed by atoms with E-state index in [0.29, 0.717) is 37.3 Å². The Balaban J connectivity index is 2.12. The standard InChI is InChI=1S/C36H42Cl3NO3/c1-33(2,3)30(41)21-10-12-24(27(37)16-21)19-36(40,26-15-14-23(18-29(26)39)32(43)35(7,8)9)20-25-13-11-22(17-28(25)38)31(42)34(4,5)6/h10-18H,19-20,40H2,1-9H3. The summed E-state index contributed by atoms with van der Waals surface area (Å²) in [4.78, 5) is 38.8. The summed E-state index contributed by atoms with van der Waals surface area (Å²) in [6, 6.07) is 15.7. The largest absolute Gasteiger partial charge is 0.321 e. The zero-order valence-electron chi connectivity index (χ0n) is 26.5. The van der Waals surface area contributed by atoms with Gasteiger partial charge < -0.3 is 5.73 Å². The number of halogens is 3. The average molecular weight is 643 g/mol. The first-order valence-electron chi connectivity index (χ1n) is 14.3. The van der Waals surface area contributed by atoms with Gasteiger partial charge in [-0.25, -0.2) is 0 Å². The molecule has 0 atom stereocenters. The smallest absolute Gasteiger partial charge is 0.168 e. The summed E-state index contributed by atoms with van der Waals surface area (Å²) in [5.41, 5.74) is 8.07. The van der Waals surface area contributed by atoms with Crippen molar-refractivity contribution in [1.29, 1.82) is 0 Å². The van der Waals surface area contributed by atoms with E-state index in [0.717, 1.165) is 11.1 Å². The van der Waals surface area contributed by atoms with E-state index in [4.69, 9.17) is 40.5 Å². The Morgan fingerprint density at radius 2 is 0.837 bits per heavy atom. The molecule has 0 saturated heterocycles. The van der Waals surface area contributed by atoms with Crippen LogP contribution in [0, 0.1) is 16.2 Å². The molecule has 0 spiro atoms. The molecule has 0 radical (unpaired) electrons. The van der Waals surface area contributed by atoms with Crippen molar-refractivity contribution >= 4 is 52.2 Å². The van der Waals surface area contributed by atoms with Gasteiger partial charge in [-0.3, -0.25) is 14.4 Å². The molecule has 230 valence electrons. The molecule has 0 amide bonds. The van der Waals surface area contributed by atoms with Gasteiger partial charge in [0.15, 0.2) is 17.3 Å². The Morgan fingerprint density at radius 3 is 1.12 bits per heavy atom. The first-order valence-corrected chi connectivity index (χ1v) is 15.5. The van der Waals surface area contributed by atoms with Crippen LogP contribution in [0.2, 0.25) is 15.1 Å². The van der Waals surface area contributed by atoms with Crippen molar-refractivity contribution in [3.8, 4) is 0 Å². The molecule has 2 N–H and O–H groups in total. The van der Waals surface area contributed by atoms with Gasteiger partial charge >= 0.3 is 0 Å². The molecule has 0 bridgehead atoms. The fourth-order valence-corrected chi connectivity index (χ4v) is 5.82. The molecular weight excluding hydrogens is 601 g/mol. The second-order valence-corrected chi connectivity index (χ2v) is 15.8. The summed E-state index contributed by atoms with van der Waals surface area (Å²) in [7, 11) is 0. The maximum atomic E-state index is 13.0. The molecule has 0 saturated carbocycles. The van der Waals surface area contributed by atoms with E-state index in [9.17, 15) is 14.4 Å². The summed E-state index contributed by atoms with van der Waals surface area (Å²) in [6.07, 6.45) is 0.530. The Labute approximate surface area is 271 Å². The van der Waals surface area contributed by atoms with Crippen LogP contribution >= 0.6 is 34.8 Å². The lowest BCUT2D eigenvalue weighted by atomic mass is 9.78. The zero-order chi connectivity index (χ0) is 32.7. The number of ketones is 3. The summed E-state index contributed by atoms with van der Waals surface area (Å²) >= 11 is 20.4. The van der Waals surface area contributed by atoms with Crippen LogP contribution in [0.4, 0.5) is 0 Å². The number of hydrogen-bond donors (Lipinski definition) is 1. The van der Waals surface area contributed by atoms with Crippen molar-refractivity contribution in [1.82, 2.24) is 0 Å². The van der Waals surface area contributed by atoms with Gasteiger partial charge in [0.2, 0.25) is 0 Å². The highest BCUT2D eigenvalue weighted by atomic mass is 35.5. The number of hydrogen-bond acceptors (Lipinski definition) is 4. The van der Waals surface area contributed by atoms with Crippen molar-refractivity contribution in [2.75, 3.05) is 0 Å². The quantitative estimate of drug-likeness (QED) is 0.248. The minimum atomic E-state index is -1.11. The van der Waals surface area contributed by atoms with E-state index in [1.54, 1.807) is 42.5 Å². The summed E-state index contributed by atoms with van der Waals surface area (Å²) in [5.74, 6) is -0.0644. The average Bonchev–Trinajstić information content (AvgIpc) is 2.88. The lowest BCUT2D eigenvalue weighted by Crippen LogP contribution is -2.42. The van der Waals surface area contributed by atoms with Crippen LogP contribution in [-0.4, -0.2) is 17.3 Å². The Kier molecular flexibility index (Phi) is 10.2. The van der Waals surface area contributed by atoms with Gasteiger partial charge in [0, 0.05) is 48.0 Å². The van der Waals surface area contributed by atoms with Gasteiger partial charge in [-0.1, -0.05) is 134 Å². The van der Waals surface area contributed by atoms with Crippen molar-refractivity contribution < 1.29 is 14.4 Å². The Bertz CT molecular complexity index is 1490. The van der Waals surface area contributed by atoms with Crippen molar-refractivity contribution in [3.05, 3.63) is 103 Å². The molecule has 0 aliphatic rings. The van der Waals surface area contributed by atoms with E-state index >= 15 is 0 Å². The van der Waals surface area contributed by atoms with Gasteiger partial charge in [-0.2, -0.15) is 0 Å². The van der Waals surface area contributed by atoms with Gasteiger partial charge in [-0.15, -0.1) is 0 Å². The summed E-state index contributed by atoms with van der Waals surface area (Å²) in [6.45, 7) is 16.8. The molecule has 43 heavy (non-hydrogen) atoms. The topological polar surface area (TPSA) is 77.2 Å². The second-order valence-electron chi connectivity index (χ2n) is 14.6. The fourth-order valence-electron chi connectivity index (χ4n) is 4.96. The molecule has 4 nitrogen and oxygen atoms in total. The highest BCUT2D eigenvalue weighted by Gasteiger charge is 2.34. The molecule has 0 heterocycles. The van der Waals surface area contributed by atoms with E-state index in [1.807, 2.05) is 74.4 Å². The SMILES string of the molecule is CC(C)(C)C(=O)c1ccc(CC(N)(Cc2ccc(C(=O)C(C)(C)C)cc2Cl)c2ccc(C(=O)C(C)(C)C)cc2Cl)c(Cl)c1. The van der Waals surface area contributed by atoms with E-state index in [2.05, 4.69) is 0 Å². The minimum Gasteiger partial charge on any atom is -0.321 e. The van der Waals surface area contributed by atoms with Crippen LogP contribution in [0.5, 0.6) is 0 Å². The fraction of sp³-hybridized carbons (Fsp3) is 0.417. The number of nitrogens with two attached hydrogens (primary N) is 1. The summed E-state index contributed by atoms with van der Waals surface area (Å²) in [5, 5.41) is 1.18. The lowest BCUT2D eigenvalue weighted by Gasteiger charge is -2.33. The lowest BCUT2D eigenvalue weighted by molar-refractivity contribution is 0.0852. The molecule has 0 aromatic heterocycles. The number of carbonyl (C=O) groups is 3. The second kappa shape index (κ2) is 12.5. The van der Waals surface area contributed by atoms with Crippen LogP contribution < -0.4 is 5.73 Å². The zero-order valence-corrected chi connectivity index (χ0v) is 28.8. The number of carbonyl (C=O) groups excluding carboxylic acids is 3. The van der Waals surface area contributed by atoms with Crippen LogP contribution in [0.15, 0.2) is 54.6 Å². The molecule has 3 aromatic carbocycles. The highest BCUT2D eigenvalue weighted by molar-refractivity contribution is 6.33. The molecular formula is C36H42Cl3NO3. The van der Waals surface area contributed by atoms with Crippen molar-refractivity contribution in [2.24, 2.45) is 22.0 Å². The molecule has 0 aliphatic carbocycles. The molecule has 0 aliphatic heterocycles. The monoisotopic (exact) mass is 641 g/mol. The van der Waals surface area contributed by atoms with Crippen molar-refractivity contribution in [3.63, 3.8) is 0 Å². The van der Waals surface area contributed by atoms with Gasteiger partial charge in [-0.05, 0) is 47.7 Å². The first kappa shape index (κ1) is 35.0. The molecule has 3 aromatic rings. The predicted molar refractivity (Wildman–Crippen MR) is 179 cm³/mol. The van der Waals surface area contributed by atoms with E-state index in [1.165, 1.54) is 0 Å². The van der Waals surface area contributed by atoms with Gasteiger partial charge in [0.25, 0.3) is 0 Å². The maximum absolute atomic E-state index is 13.0. The van der Waals surface area contributed by atoms with Crippen LogP contribution in [0.3, 0.4) is 0 Å². The minimum absolute atomic E-state index is 0.0150. The van der Waals surface area contributed by atoms with Crippen LogP contribution in [-0.2, 0) is 18.4 Å². The maximum Gasteiger partial charge on any atom is 0.168 e. The van der Waals surface area contributed by atoms with Gasteiger partial charge in [0.05, 0.1) is 5.54 Å². The predicted octanol–water partition coefficient (Wildman–Crippen LogP) is 9.97. The van der Waals surface area contributed by atoms with E-state index < -0.39 is 21.8 Å². The van der Waals surface area contributed by atoms with E-state index in [-0.39, 0.29) is 30.2 Å². The molecule has 0 fully saturated rings. The first-order chi connectivity index (χ1) is 19.5. The molecule has 0 unspecified atom stereocenters. The van der Waals surface area contributed by atoms with Crippen LogP contribution in [0.1, 0.15) is 110 Å². The van der Waals surface area contributed by atoms with Gasteiger partial charge in [0.1, 0.15) is 0 Å². The van der Waals surface area contributed by atoms with Crippen LogP contribution in [0.25, 0.3) is 0 Å². The third kappa shape index (κ3) is 8.16. The Morgan fingerprint density at radius 1 is 0.535 bits per heavy atom. The Hall–Kier alpha value is -2.50.